The van der Waals surface area contributed by atoms with Crippen molar-refractivity contribution >= 4 is 23.3 Å². The Kier molecular flexibility index (Phi) is 9.48. The maximum Gasteiger partial charge on any atom is 0.332 e. The fourth-order valence-corrected chi connectivity index (χ4v) is 6.10. The minimum atomic E-state index is -1.43. The highest BCUT2D eigenvalue weighted by Gasteiger charge is 2.43. The van der Waals surface area contributed by atoms with Crippen LogP contribution in [-0.4, -0.2) is 45.7 Å². The van der Waals surface area contributed by atoms with E-state index in [0.717, 1.165) is 30.5 Å². The number of hydrogen-bond donors (Lipinski definition) is 2. The highest BCUT2D eigenvalue weighted by molar-refractivity contribution is 6.18. The second kappa shape index (κ2) is 13.6. The molecule has 0 aliphatic carbocycles. The normalized spacial score (nSPS) is 17.6. The molecule has 1 aliphatic heterocycles. The first-order valence-corrected chi connectivity index (χ1v) is 15.0. The molecule has 0 saturated carbocycles. The molecule has 4 aromatic rings. The van der Waals surface area contributed by atoms with Crippen molar-refractivity contribution in [2.45, 2.75) is 57.2 Å². The molecule has 220 valence electrons. The molecule has 6 heteroatoms. The van der Waals surface area contributed by atoms with Gasteiger partial charge in [0.2, 0.25) is 5.91 Å². The Bertz CT molecular complexity index is 1560. The van der Waals surface area contributed by atoms with Crippen LogP contribution in [0, 0.1) is 0 Å². The van der Waals surface area contributed by atoms with Crippen LogP contribution in [0.2, 0.25) is 0 Å². The summed E-state index contributed by atoms with van der Waals surface area (Å²) in [6.45, 7) is 5.37. The molecule has 1 amide bonds. The Morgan fingerprint density at radius 3 is 2.16 bits per heavy atom. The average Bonchev–Trinajstić information content (AvgIpc) is 3.51. The third-order valence-corrected chi connectivity index (χ3v) is 8.62. The number of carbonyl (C=O) groups excluding carboxylic acids is 1. The second-order valence-corrected chi connectivity index (χ2v) is 11.2. The van der Waals surface area contributed by atoms with Crippen molar-refractivity contribution < 1.29 is 14.7 Å². The summed E-state index contributed by atoms with van der Waals surface area (Å²) in [5.41, 5.74) is 3.29. The fourth-order valence-electron chi connectivity index (χ4n) is 6.10. The van der Waals surface area contributed by atoms with E-state index < -0.39 is 17.4 Å². The van der Waals surface area contributed by atoms with Crippen LogP contribution >= 0.6 is 0 Å². The van der Waals surface area contributed by atoms with Gasteiger partial charge in [-0.25, -0.2) is 4.79 Å². The first-order valence-electron chi connectivity index (χ1n) is 15.0. The summed E-state index contributed by atoms with van der Waals surface area (Å²) in [5, 5.41) is 13.9. The number of carboxylic acids is 1. The van der Waals surface area contributed by atoms with Crippen LogP contribution in [-0.2, 0) is 16.1 Å². The van der Waals surface area contributed by atoms with Gasteiger partial charge in [-0.05, 0) is 43.0 Å². The Balaban J connectivity index is 1.54. The molecule has 3 atom stereocenters. The maximum atomic E-state index is 13.8. The van der Waals surface area contributed by atoms with E-state index in [1.54, 1.807) is 0 Å². The van der Waals surface area contributed by atoms with Crippen molar-refractivity contribution in [2.75, 3.05) is 11.9 Å². The highest BCUT2D eigenvalue weighted by Crippen LogP contribution is 2.37. The second-order valence-electron chi connectivity index (χ2n) is 11.2. The molecule has 4 aromatic carbocycles. The number of likely N-dealkylation sites (tertiary alicyclic amines) is 1. The van der Waals surface area contributed by atoms with Crippen molar-refractivity contribution in [3.8, 4) is 0 Å². The van der Waals surface area contributed by atoms with E-state index >= 15 is 0 Å². The monoisotopic (exact) mass is 573 g/mol. The highest BCUT2D eigenvalue weighted by atomic mass is 16.4. The number of benzene rings is 4. The molecule has 2 N–H and O–H groups in total. The molecule has 1 fully saturated rings. The van der Waals surface area contributed by atoms with Crippen molar-refractivity contribution in [3.63, 3.8) is 0 Å². The molecule has 1 heterocycles. The van der Waals surface area contributed by atoms with Crippen LogP contribution in [0.15, 0.2) is 120 Å². The lowest BCUT2D eigenvalue weighted by molar-refractivity contribution is -0.144. The zero-order valence-corrected chi connectivity index (χ0v) is 24.8. The van der Waals surface area contributed by atoms with Gasteiger partial charge in [-0.3, -0.25) is 14.7 Å². The number of rotatable bonds is 11. The molecule has 0 unspecified atom stereocenters. The number of anilines is 1. The Labute approximate surface area is 254 Å². The molecule has 1 aliphatic rings. The zero-order valence-electron chi connectivity index (χ0n) is 24.8. The first-order chi connectivity index (χ1) is 20.9. The summed E-state index contributed by atoms with van der Waals surface area (Å²) in [5.74, 6) is -1.45. The fraction of sp³-hybridized carbons (Fsp3) is 0.270. The Hall–Kier alpha value is -4.55. The summed E-state index contributed by atoms with van der Waals surface area (Å²) in [6.07, 6.45) is 2.03. The summed E-state index contributed by atoms with van der Waals surface area (Å²) in [4.78, 5) is 34.3. The van der Waals surface area contributed by atoms with Gasteiger partial charge in [0.15, 0.2) is 5.54 Å². The quantitative estimate of drug-likeness (QED) is 0.187. The van der Waals surface area contributed by atoms with Gasteiger partial charge in [0, 0.05) is 23.6 Å². The largest absolute Gasteiger partial charge is 0.479 e. The van der Waals surface area contributed by atoms with Gasteiger partial charge >= 0.3 is 5.97 Å². The van der Waals surface area contributed by atoms with Gasteiger partial charge in [0.05, 0.1) is 17.4 Å². The van der Waals surface area contributed by atoms with E-state index in [4.69, 9.17) is 4.99 Å². The Morgan fingerprint density at radius 2 is 1.51 bits per heavy atom. The number of nitrogens with zero attached hydrogens (tertiary/aromatic N) is 2. The third kappa shape index (κ3) is 6.60. The molecule has 6 nitrogen and oxygen atoms in total. The minimum Gasteiger partial charge on any atom is -0.479 e. The number of aliphatic carboxylic acids is 1. The number of hydrogen-bond acceptors (Lipinski definition) is 4. The molecular formula is C37H39N3O3. The van der Waals surface area contributed by atoms with Gasteiger partial charge < -0.3 is 10.4 Å². The van der Waals surface area contributed by atoms with Crippen molar-refractivity contribution in [2.24, 2.45) is 4.99 Å². The van der Waals surface area contributed by atoms with E-state index in [1.165, 1.54) is 5.56 Å². The van der Waals surface area contributed by atoms with E-state index in [1.807, 2.05) is 117 Å². The van der Waals surface area contributed by atoms with Crippen molar-refractivity contribution in [3.05, 3.63) is 138 Å². The van der Waals surface area contributed by atoms with Gasteiger partial charge in [0.1, 0.15) is 0 Å². The van der Waals surface area contributed by atoms with Crippen LogP contribution < -0.4 is 5.32 Å². The van der Waals surface area contributed by atoms with Crippen molar-refractivity contribution in [1.82, 2.24) is 4.90 Å². The van der Waals surface area contributed by atoms with E-state index in [0.29, 0.717) is 29.9 Å². The van der Waals surface area contributed by atoms with Gasteiger partial charge in [-0.15, -0.1) is 0 Å². The van der Waals surface area contributed by atoms with E-state index in [-0.39, 0.29) is 11.9 Å². The lowest BCUT2D eigenvalue weighted by atomic mass is 9.78. The predicted octanol–water partition coefficient (Wildman–Crippen LogP) is 7.16. The number of para-hydroxylation sites is 1. The summed E-state index contributed by atoms with van der Waals surface area (Å²) < 4.78 is 0. The molecule has 5 rings (SSSR count). The SMILES string of the molecule is CC[C@@](N=C(c1ccccc1)c1ccccc1NC(=O)[C@@H]1CCCN1Cc1ccccc1)(C(=O)O)[C@@H](C)c1ccccc1. The van der Waals surface area contributed by atoms with Crippen LogP contribution in [0.5, 0.6) is 0 Å². The van der Waals surface area contributed by atoms with Crippen LogP contribution in [0.25, 0.3) is 0 Å². The van der Waals surface area contributed by atoms with Crippen LogP contribution in [0.4, 0.5) is 5.69 Å². The summed E-state index contributed by atoms with van der Waals surface area (Å²) in [6, 6.07) is 36.8. The van der Waals surface area contributed by atoms with Crippen molar-refractivity contribution in [1.29, 1.82) is 0 Å². The van der Waals surface area contributed by atoms with E-state index in [9.17, 15) is 14.7 Å². The Morgan fingerprint density at radius 1 is 0.907 bits per heavy atom. The zero-order chi connectivity index (χ0) is 30.2. The maximum absolute atomic E-state index is 13.8. The number of amides is 1. The predicted molar refractivity (Wildman–Crippen MR) is 173 cm³/mol. The molecule has 43 heavy (non-hydrogen) atoms. The third-order valence-electron chi connectivity index (χ3n) is 8.62. The average molecular weight is 574 g/mol. The molecule has 1 saturated heterocycles. The molecule has 0 aromatic heterocycles. The summed E-state index contributed by atoms with van der Waals surface area (Å²) >= 11 is 0. The van der Waals surface area contributed by atoms with Gasteiger partial charge in [0.25, 0.3) is 0 Å². The number of carbonyl (C=O) groups is 2. The molecule has 0 spiro atoms. The smallest absolute Gasteiger partial charge is 0.332 e. The topological polar surface area (TPSA) is 82.0 Å². The molecular weight excluding hydrogens is 534 g/mol. The standard InChI is InChI=1S/C37H39N3O3/c1-3-37(36(42)43,27(2)29-18-9-5-10-19-29)39-34(30-20-11-6-12-21-30)31-22-13-14-23-32(31)38-35(41)33-24-15-25-40(33)26-28-16-7-4-8-17-28/h4-14,16-23,27,33H,3,15,24-26H2,1-2H3,(H,38,41)(H,42,43)/t27-,33-,37-/m0/s1. The minimum absolute atomic E-state index is 0.0639. The van der Waals surface area contributed by atoms with Gasteiger partial charge in [-0.2, -0.15) is 0 Å². The first kappa shape index (κ1) is 29.9. The molecule has 0 bridgehead atoms. The summed E-state index contributed by atoms with van der Waals surface area (Å²) in [7, 11) is 0. The van der Waals surface area contributed by atoms with Gasteiger partial charge in [-0.1, -0.05) is 123 Å². The van der Waals surface area contributed by atoms with Crippen LogP contribution in [0.3, 0.4) is 0 Å². The lowest BCUT2D eigenvalue weighted by Gasteiger charge is -2.32. The van der Waals surface area contributed by atoms with E-state index in [2.05, 4.69) is 22.3 Å². The van der Waals surface area contributed by atoms with Crippen LogP contribution in [0.1, 0.15) is 61.3 Å². The molecule has 0 radical (unpaired) electrons. The lowest BCUT2D eigenvalue weighted by Crippen LogP contribution is -2.42. The number of carboxylic acid groups (broad SMARTS) is 1. The number of nitrogens with one attached hydrogen (secondary N) is 1. The number of aliphatic imine (C=N–C) groups is 1.